The first-order chi connectivity index (χ1) is 7.25. The van der Waals surface area contributed by atoms with Gasteiger partial charge in [0.15, 0.2) is 0 Å². The number of aryl methyl sites for hydroxylation is 2. The van der Waals surface area contributed by atoms with Crippen LogP contribution in [-0.2, 0) is 12.8 Å². The minimum Gasteiger partial charge on any atom is -0.368 e. The van der Waals surface area contributed by atoms with Gasteiger partial charge >= 0.3 is 0 Å². The van der Waals surface area contributed by atoms with Crippen molar-refractivity contribution >= 4 is 17.5 Å². The zero-order valence-corrected chi connectivity index (χ0v) is 8.87. The lowest BCUT2D eigenvalue weighted by Crippen LogP contribution is -1.92. The SMILES string of the molecule is Nc1cc(CCc2ccccc2Cl)no1. The predicted octanol–water partition coefficient (Wildman–Crippen LogP) is 2.70. The van der Waals surface area contributed by atoms with Gasteiger partial charge in [-0.2, -0.15) is 0 Å². The molecule has 1 heterocycles. The van der Waals surface area contributed by atoms with Crippen molar-refractivity contribution in [2.45, 2.75) is 12.8 Å². The Morgan fingerprint density at radius 1 is 1.27 bits per heavy atom. The minimum absolute atomic E-state index is 0.351. The summed E-state index contributed by atoms with van der Waals surface area (Å²) in [7, 11) is 0. The quantitative estimate of drug-likeness (QED) is 0.869. The van der Waals surface area contributed by atoms with E-state index in [4.69, 9.17) is 21.9 Å². The standard InChI is InChI=1S/C11H11ClN2O/c12-10-4-2-1-3-8(10)5-6-9-7-11(13)15-14-9/h1-4,7H,5-6,13H2. The molecule has 0 amide bonds. The third-order valence-electron chi connectivity index (χ3n) is 2.19. The summed E-state index contributed by atoms with van der Waals surface area (Å²) in [6.07, 6.45) is 1.62. The maximum Gasteiger partial charge on any atom is 0.222 e. The highest BCUT2D eigenvalue weighted by molar-refractivity contribution is 6.31. The summed E-state index contributed by atoms with van der Waals surface area (Å²) < 4.78 is 4.78. The van der Waals surface area contributed by atoms with Crippen molar-refractivity contribution in [3.63, 3.8) is 0 Å². The van der Waals surface area contributed by atoms with Crippen LogP contribution in [0.25, 0.3) is 0 Å². The van der Waals surface area contributed by atoms with Crippen LogP contribution in [0.5, 0.6) is 0 Å². The molecule has 1 aromatic heterocycles. The van der Waals surface area contributed by atoms with Gasteiger partial charge in [0.1, 0.15) is 0 Å². The molecular weight excluding hydrogens is 212 g/mol. The first kappa shape index (κ1) is 10.1. The van der Waals surface area contributed by atoms with Gasteiger partial charge in [-0.25, -0.2) is 0 Å². The van der Waals surface area contributed by atoms with E-state index in [2.05, 4.69) is 5.16 Å². The summed E-state index contributed by atoms with van der Waals surface area (Å²) in [4.78, 5) is 0. The fraction of sp³-hybridized carbons (Fsp3) is 0.182. The summed E-state index contributed by atoms with van der Waals surface area (Å²) in [5.74, 6) is 0.351. The Kier molecular flexibility index (Phi) is 2.92. The lowest BCUT2D eigenvalue weighted by Gasteiger charge is -2.00. The van der Waals surface area contributed by atoms with Crippen molar-refractivity contribution in [1.82, 2.24) is 5.16 Å². The summed E-state index contributed by atoms with van der Waals surface area (Å²) in [6, 6.07) is 9.51. The third-order valence-corrected chi connectivity index (χ3v) is 2.55. The molecule has 1 aromatic carbocycles. The summed E-state index contributed by atoms with van der Waals surface area (Å²) in [5, 5.41) is 4.60. The topological polar surface area (TPSA) is 52.0 Å². The molecule has 0 bridgehead atoms. The number of anilines is 1. The van der Waals surface area contributed by atoms with Crippen molar-refractivity contribution in [2.24, 2.45) is 0 Å². The number of nitrogens with zero attached hydrogens (tertiary/aromatic N) is 1. The highest BCUT2D eigenvalue weighted by Crippen LogP contribution is 2.17. The van der Waals surface area contributed by atoms with E-state index in [1.54, 1.807) is 6.07 Å². The average Bonchev–Trinajstić information content (AvgIpc) is 2.63. The Morgan fingerprint density at radius 2 is 2.07 bits per heavy atom. The number of hydrogen-bond acceptors (Lipinski definition) is 3. The monoisotopic (exact) mass is 222 g/mol. The molecule has 0 aliphatic carbocycles. The van der Waals surface area contributed by atoms with Crippen LogP contribution in [0.3, 0.4) is 0 Å². The van der Waals surface area contributed by atoms with Crippen LogP contribution in [0, 0.1) is 0 Å². The summed E-state index contributed by atoms with van der Waals surface area (Å²) in [5.41, 5.74) is 7.39. The molecule has 0 saturated carbocycles. The molecule has 3 nitrogen and oxygen atoms in total. The van der Waals surface area contributed by atoms with Gasteiger partial charge in [-0.3, -0.25) is 0 Å². The number of aromatic nitrogens is 1. The molecular formula is C11H11ClN2O. The van der Waals surface area contributed by atoms with Crippen molar-refractivity contribution in [3.05, 3.63) is 46.6 Å². The average molecular weight is 223 g/mol. The third kappa shape index (κ3) is 2.50. The van der Waals surface area contributed by atoms with E-state index in [0.29, 0.717) is 5.88 Å². The van der Waals surface area contributed by atoms with Crippen molar-refractivity contribution in [1.29, 1.82) is 0 Å². The fourth-order valence-corrected chi connectivity index (χ4v) is 1.64. The number of nitrogens with two attached hydrogens (primary N) is 1. The van der Waals surface area contributed by atoms with Crippen molar-refractivity contribution in [3.8, 4) is 0 Å². The molecule has 78 valence electrons. The van der Waals surface area contributed by atoms with E-state index < -0.39 is 0 Å². The van der Waals surface area contributed by atoms with Crippen LogP contribution in [0.15, 0.2) is 34.9 Å². The van der Waals surface area contributed by atoms with Gasteiger partial charge in [-0.15, -0.1) is 0 Å². The van der Waals surface area contributed by atoms with E-state index in [9.17, 15) is 0 Å². The van der Waals surface area contributed by atoms with E-state index in [1.807, 2.05) is 24.3 Å². The molecule has 15 heavy (non-hydrogen) atoms. The molecule has 2 rings (SSSR count). The molecule has 0 spiro atoms. The number of benzene rings is 1. The molecule has 2 N–H and O–H groups in total. The fourth-order valence-electron chi connectivity index (χ4n) is 1.41. The number of rotatable bonds is 3. The van der Waals surface area contributed by atoms with Crippen LogP contribution in [0.2, 0.25) is 5.02 Å². The second-order valence-corrected chi connectivity index (χ2v) is 3.72. The number of nitrogen functional groups attached to an aromatic ring is 1. The second kappa shape index (κ2) is 4.36. The molecule has 0 aliphatic rings. The molecule has 0 saturated heterocycles. The number of halogens is 1. The van der Waals surface area contributed by atoms with E-state index in [1.165, 1.54) is 0 Å². The second-order valence-electron chi connectivity index (χ2n) is 3.31. The zero-order chi connectivity index (χ0) is 10.7. The smallest absolute Gasteiger partial charge is 0.222 e. The highest BCUT2D eigenvalue weighted by atomic mass is 35.5. The van der Waals surface area contributed by atoms with Gasteiger partial charge < -0.3 is 10.3 Å². The lowest BCUT2D eigenvalue weighted by atomic mass is 10.1. The van der Waals surface area contributed by atoms with Gasteiger partial charge in [0, 0.05) is 11.1 Å². The van der Waals surface area contributed by atoms with Crippen molar-refractivity contribution < 1.29 is 4.52 Å². The summed E-state index contributed by atoms with van der Waals surface area (Å²) in [6.45, 7) is 0. The molecule has 0 radical (unpaired) electrons. The number of hydrogen-bond donors (Lipinski definition) is 1. The molecule has 0 fully saturated rings. The van der Waals surface area contributed by atoms with Crippen LogP contribution in [0.1, 0.15) is 11.3 Å². The largest absolute Gasteiger partial charge is 0.368 e. The first-order valence-electron chi connectivity index (χ1n) is 4.70. The van der Waals surface area contributed by atoms with Gasteiger partial charge in [0.2, 0.25) is 5.88 Å². The molecule has 2 aromatic rings. The highest BCUT2D eigenvalue weighted by Gasteiger charge is 2.03. The molecule has 0 unspecified atom stereocenters. The Morgan fingerprint density at radius 3 is 2.73 bits per heavy atom. The predicted molar refractivity (Wildman–Crippen MR) is 59.8 cm³/mol. The maximum atomic E-state index is 6.03. The van der Waals surface area contributed by atoms with Crippen LogP contribution in [-0.4, -0.2) is 5.16 Å². The van der Waals surface area contributed by atoms with E-state index in [0.717, 1.165) is 29.1 Å². The van der Waals surface area contributed by atoms with Crippen LogP contribution < -0.4 is 5.73 Å². The Bertz CT molecular complexity index is 453. The Labute approximate surface area is 92.8 Å². The first-order valence-corrected chi connectivity index (χ1v) is 5.08. The van der Waals surface area contributed by atoms with Crippen LogP contribution in [0.4, 0.5) is 5.88 Å². The van der Waals surface area contributed by atoms with Gasteiger partial charge in [-0.1, -0.05) is 35.0 Å². The normalized spacial score (nSPS) is 10.5. The minimum atomic E-state index is 0.351. The summed E-state index contributed by atoms with van der Waals surface area (Å²) >= 11 is 6.03. The van der Waals surface area contributed by atoms with Crippen LogP contribution >= 0.6 is 11.6 Å². The molecule has 0 atom stereocenters. The van der Waals surface area contributed by atoms with E-state index >= 15 is 0 Å². The lowest BCUT2D eigenvalue weighted by molar-refractivity contribution is 0.427. The maximum absolute atomic E-state index is 6.03. The Balaban J connectivity index is 2.02. The molecule has 4 heteroatoms. The van der Waals surface area contributed by atoms with Gasteiger partial charge in [-0.05, 0) is 24.5 Å². The van der Waals surface area contributed by atoms with E-state index in [-0.39, 0.29) is 0 Å². The van der Waals surface area contributed by atoms with Gasteiger partial charge in [0.25, 0.3) is 0 Å². The van der Waals surface area contributed by atoms with Gasteiger partial charge in [0.05, 0.1) is 5.69 Å². The Hall–Kier alpha value is -1.48. The van der Waals surface area contributed by atoms with Crippen molar-refractivity contribution in [2.75, 3.05) is 5.73 Å². The zero-order valence-electron chi connectivity index (χ0n) is 8.11. The molecule has 0 aliphatic heterocycles.